The van der Waals surface area contributed by atoms with Crippen molar-refractivity contribution in [3.05, 3.63) is 71.1 Å². The number of ketones is 1. The van der Waals surface area contributed by atoms with Gasteiger partial charge in [-0.25, -0.2) is 0 Å². The minimum absolute atomic E-state index is 0.179. The second kappa shape index (κ2) is 8.34. The maximum Gasteiger partial charge on any atom is 0.362 e. The highest BCUT2D eigenvalue weighted by Gasteiger charge is 2.30. The van der Waals surface area contributed by atoms with Gasteiger partial charge in [-0.1, -0.05) is 38.1 Å². The molecule has 0 saturated heterocycles. The van der Waals surface area contributed by atoms with Gasteiger partial charge < -0.3 is 24.5 Å². The van der Waals surface area contributed by atoms with Gasteiger partial charge in [-0.3, -0.25) is 4.79 Å². The predicted molar refractivity (Wildman–Crippen MR) is 115 cm³/mol. The zero-order valence-electron chi connectivity index (χ0n) is 16.6. The number of benzene rings is 2. The van der Waals surface area contributed by atoms with Crippen LogP contribution >= 0.6 is 0 Å². The van der Waals surface area contributed by atoms with Crippen molar-refractivity contribution in [2.75, 3.05) is 7.11 Å². The third kappa shape index (κ3) is 4.65. The molecule has 0 fully saturated rings. The Kier molecular flexibility index (Phi) is 6.04. The highest BCUT2D eigenvalue weighted by Crippen LogP contribution is 2.27. The van der Waals surface area contributed by atoms with Crippen molar-refractivity contribution in [1.82, 2.24) is 0 Å². The Balaban J connectivity index is 1.84. The molecular formula is C22H25NO5Si. The molecule has 6 nitrogen and oxygen atoms in total. The first-order chi connectivity index (χ1) is 13.7. The normalized spacial score (nSPS) is 13.3. The lowest BCUT2D eigenvalue weighted by Gasteiger charge is -2.17. The van der Waals surface area contributed by atoms with Gasteiger partial charge in [0, 0.05) is 10.9 Å². The van der Waals surface area contributed by atoms with Crippen molar-refractivity contribution in [1.29, 1.82) is 0 Å². The fourth-order valence-corrected chi connectivity index (χ4v) is 3.66. The van der Waals surface area contributed by atoms with Gasteiger partial charge in [0.05, 0.1) is 13.2 Å². The first-order valence-electron chi connectivity index (χ1n) is 9.32. The number of furan rings is 1. The molecule has 0 amide bonds. The monoisotopic (exact) mass is 411 g/mol. The smallest absolute Gasteiger partial charge is 0.362 e. The van der Waals surface area contributed by atoms with Crippen molar-refractivity contribution in [3.63, 3.8) is 0 Å². The molecule has 2 aromatic carbocycles. The molecule has 0 saturated carbocycles. The van der Waals surface area contributed by atoms with Gasteiger partial charge in [-0.2, -0.15) is 0 Å². The largest absolute Gasteiger partial charge is 0.497 e. The summed E-state index contributed by atoms with van der Waals surface area (Å²) >= 11 is 0. The number of nitrogens with two attached hydrogens (primary N) is 1. The van der Waals surface area contributed by atoms with Gasteiger partial charge in [-0.15, -0.1) is 0 Å². The topological polar surface area (TPSA) is 106 Å². The zero-order valence-corrected chi connectivity index (χ0v) is 17.6. The lowest BCUT2D eigenvalue weighted by Crippen LogP contribution is -2.35. The third-order valence-corrected chi connectivity index (χ3v) is 7.25. The van der Waals surface area contributed by atoms with E-state index in [0.717, 1.165) is 10.9 Å². The third-order valence-electron chi connectivity index (χ3n) is 4.89. The van der Waals surface area contributed by atoms with Crippen LogP contribution in [-0.2, 0) is 0 Å². The lowest BCUT2D eigenvalue weighted by molar-refractivity contribution is 0.0936. The number of ether oxygens (including phenoxy) is 1. The van der Waals surface area contributed by atoms with Crippen LogP contribution in [-0.4, -0.2) is 31.0 Å². The number of Topliss-reactive ketones (excluding diaryl/α,β-unsaturated/α-hetero) is 1. The van der Waals surface area contributed by atoms with Gasteiger partial charge in [0.2, 0.25) is 5.78 Å². The highest BCUT2D eigenvalue weighted by molar-refractivity contribution is 6.72. The van der Waals surface area contributed by atoms with Crippen molar-refractivity contribution in [2.45, 2.75) is 25.4 Å². The second-order valence-electron chi connectivity index (χ2n) is 7.30. The van der Waals surface area contributed by atoms with Crippen molar-refractivity contribution in [3.8, 4) is 5.75 Å². The first kappa shape index (κ1) is 21.0. The van der Waals surface area contributed by atoms with E-state index in [0.29, 0.717) is 16.9 Å². The average molecular weight is 412 g/mol. The van der Waals surface area contributed by atoms with Crippen LogP contribution in [0.15, 0.2) is 58.6 Å². The summed E-state index contributed by atoms with van der Waals surface area (Å²) in [4.78, 5) is 33.0. The Hall–Kier alpha value is -2.71. The van der Waals surface area contributed by atoms with Crippen LogP contribution in [0.4, 0.5) is 0 Å². The number of hydrogen-bond donors (Lipinski definition) is 3. The number of hydrogen-bond acceptors (Lipinski definition) is 6. The minimum atomic E-state index is -3.41. The van der Waals surface area contributed by atoms with Crippen LogP contribution in [0.1, 0.15) is 41.6 Å². The quantitative estimate of drug-likeness (QED) is 0.404. The second-order valence-corrected chi connectivity index (χ2v) is 10.4. The summed E-state index contributed by atoms with van der Waals surface area (Å²) in [5.41, 5.74) is 9.36. The van der Waals surface area contributed by atoms with Crippen LogP contribution < -0.4 is 10.5 Å². The summed E-state index contributed by atoms with van der Waals surface area (Å²) in [7, 11) is -1.84. The molecule has 1 aromatic heterocycles. The highest BCUT2D eigenvalue weighted by atomic mass is 28.4. The number of carbonyl (C=O) groups excluding carboxylic acids is 1. The molecule has 0 spiro atoms. The van der Waals surface area contributed by atoms with E-state index in [1.165, 1.54) is 5.70 Å². The minimum Gasteiger partial charge on any atom is -0.497 e. The predicted octanol–water partition coefficient (Wildman–Crippen LogP) is 3.71. The van der Waals surface area contributed by atoms with Crippen molar-refractivity contribution in [2.24, 2.45) is 5.73 Å². The molecule has 1 atom stereocenters. The maximum atomic E-state index is 12.8. The van der Waals surface area contributed by atoms with E-state index in [9.17, 15) is 14.4 Å². The van der Waals surface area contributed by atoms with Gasteiger partial charge >= 0.3 is 8.56 Å². The summed E-state index contributed by atoms with van der Waals surface area (Å²) in [6, 6.07) is 13.2. The number of rotatable bonds is 7. The SMILES string of the molecule is COc1ccc2oc(C(=O)C(N)c3cccc(C=C[Si](O)(O)C(C)C)c3)cc2c1. The number of methoxy groups -OCH3 is 1. The van der Waals surface area contributed by atoms with Crippen molar-refractivity contribution < 1.29 is 23.5 Å². The van der Waals surface area contributed by atoms with Crippen LogP contribution in [0, 0.1) is 0 Å². The van der Waals surface area contributed by atoms with Gasteiger partial charge in [0.1, 0.15) is 11.3 Å². The molecule has 29 heavy (non-hydrogen) atoms. The molecule has 0 radical (unpaired) electrons. The standard InChI is InChI=1S/C22H25NO5Si/c1-14(2)29(25,26)10-9-15-5-4-6-16(11-15)21(23)22(24)20-13-17-12-18(27-3)7-8-19(17)28-20/h4-14,21,25-26H,23H2,1-3H3. The molecule has 0 aliphatic heterocycles. The lowest BCUT2D eigenvalue weighted by atomic mass is 10.00. The molecule has 7 heteroatoms. The average Bonchev–Trinajstić information content (AvgIpc) is 3.14. The molecule has 1 heterocycles. The van der Waals surface area contributed by atoms with Crippen LogP contribution in [0.5, 0.6) is 5.75 Å². The summed E-state index contributed by atoms with van der Waals surface area (Å²) < 4.78 is 10.9. The van der Waals surface area contributed by atoms with Crippen LogP contribution in [0.2, 0.25) is 5.54 Å². The Morgan fingerprint density at radius 3 is 2.62 bits per heavy atom. The molecule has 0 aliphatic carbocycles. The van der Waals surface area contributed by atoms with Gasteiger partial charge in [0.15, 0.2) is 5.76 Å². The molecule has 152 valence electrons. The van der Waals surface area contributed by atoms with E-state index in [-0.39, 0.29) is 17.1 Å². The van der Waals surface area contributed by atoms with E-state index >= 15 is 0 Å². The Morgan fingerprint density at radius 2 is 1.93 bits per heavy atom. The zero-order chi connectivity index (χ0) is 21.2. The fourth-order valence-electron chi connectivity index (χ4n) is 2.84. The van der Waals surface area contributed by atoms with Crippen LogP contribution in [0.3, 0.4) is 0 Å². The number of carbonyl (C=O) groups is 1. The molecule has 4 N–H and O–H groups in total. The number of fused-ring (bicyclic) bond motifs is 1. The fraction of sp³-hybridized carbons (Fsp3) is 0.227. The molecular weight excluding hydrogens is 386 g/mol. The van der Waals surface area contributed by atoms with Crippen LogP contribution in [0.25, 0.3) is 17.0 Å². The maximum absolute atomic E-state index is 12.8. The van der Waals surface area contributed by atoms with E-state index < -0.39 is 14.6 Å². The Labute approximate surface area is 170 Å². The molecule has 0 bridgehead atoms. The van der Waals surface area contributed by atoms with E-state index in [2.05, 4.69) is 0 Å². The summed E-state index contributed by atoms with van der Waals surface area (Å²) in [5, 5.41) is 0.762. The van der Waals surface area contributed by atoms with Gasteiger partial charge in [0.25, 0.3) is 0 Å². The molecule has 3 rings (SSSR count). The first-order valence-corrected chi connectivity index (χ1v) is 11.4. The molecule has 0 aliphatic rings. The Bertz CT molecular complexity index is 1050. The summed E-state index contributed by atoms with van der Waals surface area (Å²) in [6.07, 6.45) is 1.65. The van der Waals surface area contributed by atoms with E-state index in [1.54, 1.807) is 69.5 Å². The summed E-state index contributed by atoms with van der Waals surface area (Å²) in [6.45, 7) is 3.54. The summed E-state index contributed by atoms with van der Waals surface area (Å²) in [5.74, 6) is 0.519. The Morgan fingerprint density at radius 1 is 1.17 bits per heavy atom. The van der Waals surface area contributed by atoms with E-state index in [1.807, 2.05) is 6.07 Å². The van der Waals surface area contributed by atoms with Gasteiger partial charge in [-0.05, 0) is 47.2 Å². The molecule has 1 unspecified atom stereocenters. The van der Waals surface area contributed by atoms with E-state index in [4.69, 9.17) is 14.9 Å². The van der Waals surface area contributed by atoms with Crippen molar-refractivity contribution >= 4 is 31.4 Å². The molecule has 3 aromatic rings.